The van der Waals surface area contributed by atoms with E-state index in [0.29, 0.717) is 28.0 Å². The largest absolute Gasteiger partial charge is 0.443 e. The fourth-order valence-corrected chi connectivity index (χ4v) is 1.97. The average molecular weight is 327 g/mol. The van der Waals surface area contributed by atoms with E-state index in [0.717, 1.165) is 0 Å². The first-order valence-corrected chi connectivity index (χ1v) is 6.79. The van der Waals surface area contributed by atoms with Gasteiger partial charge in [-0.25, -0.2) is 9.37 Å². The molecule has 0 aliphatic heterocycles. The average Bonchev–Trinajstić information content (AvgIpc) is 2.73. The molecule has 1 aromatic heterocycles. The van der Waals surface area contributed by atoms with E-state index in [1.807, 2.05) is 0 Å². The lowest BCUT2D eigenvalue weighted by atomic mass is 10.1. The normalized spacial score (nSPS) is 11.8. The van der Waals surface area contributed by atoms with Gasteiger partial charge in [-0.1, -0.05) is 15.9 Å². The van der Waals surface area contributed by atoms with Gasteiger partial charge in [0.1, 0.15) is 11.5 Å². The number of benzene rings is 1. The third-order valence-electron chi connectivity index (χ3n) is 2.60. The summed E-state index contributed by atoms with van der Waals surface area (Å²) in [5.74, 6) is 0.143. The van der Waals surface area contributed by atoms with E-state index in [4.69, 9.17) is 4.42 Å². The first-order chi connectivity index (χ1) is 8.87. The summed E-state index contributed by atoms with van der Waals surface area (Å²) in [7, 11) is 0. The van der Waals surface area contributed by atoms with Crippen molar-refractivity contribution in [1.82, 2.24) is 10.3 Å². The molecule has 5 heteroatoms. The van der Waals surface area contributed by atoms with E-state index in [-0.39, 0.29) is 11.4 Å². The molecule has 0 aliphatic rings. The Labute approximate surface area is 120 Å². The molecule has 2 aromatic rings. The molecule has 0 saturated heterocycles. The van der Waals surface area contributed by atoms with Crippen LogP contribution in [0, 0.1) is 5.82 Å². The van der Waals surface area contributed by atoms with Gasteiger partial charge in [0.2, 0.25) is 0 Å². The van der Waals surface area contributed by atoms with Crippen LogP contribution in [0.3, 0.4) is 0 Å². The molecule has 0 radical (unpaired) electrons. The van der Waals surface area contributed by atoms with Crippen LogP contribution in [0.4, 0.5) is 4.39 Å². The summed E-state index contributed by atoms with van der Waals surface area (Å²) in [5.41, 5.74) is 1.09. The monoisotopic (exact) mass is 326 g/mol. The SMILES string of the molecule is CC(C)(C)NCc1ncoc1-c1ccc(Br)cc1F. The molecule has 2 rings (SSSR count). The van der Waals surface area contributed by atoms with Crippen molar-refractivity contribution in [3.05, 3.63) is 40.6 Å². The van der Waals surface area contributed by atoms with Crippen molar-refractivity contribution >= 4 is 15.9 Å². The van der Waals surface area contributed by atoms with Crippen molar-refractivity contribution in [1.29, 1.82) is 0 Å². The molecule has 1 N–H and O–H groups in total. The molecule has 1 heterocycles. The van der Waals surface area contributed by atoms with Gasteiger partial charge in [-0.15, -0.1) is 0 Å². The van der Waals surface area contributed by atoms with Gasteiger partial charge in [0.05, 0.1) is 5.56 Å². The second kappa shape index (κ2) is 5.43. The van der Waals surface area contributed by atoms with Crippen molar-refractivity contribution in [2.75, 3.05) is 0 Å². The molecule has 102 valence electrons. The maximum Gasteiger partial charge on any atom is 0.181 e. The van der Waals surface area contributed by atoms with E-state index in [1.54, 1.807) is 12.1 Å². The molecule has 0 amide bonds. The maximum atomic E-state index is 13.9. The van der Waals surface area contributed by atoms with Crippen molar-refractivity contribution < 1.29 is 8.81 Å². The first kappa shape index (κ1) is 14.2. The van der Waals surface area contributed by atoms with Crippen LogP contribution in [0.25, 0.3) is 11.3 Å². The fraction of sp³-hybridized carbons (Fsp3) is 0.357. The van der Waals surface area contributed by atoms with Gasteiger partial charge in [0, 0.05) is 16.6 Å². The Hall–Kier alpha value is -1.20. The van der Waals surface area contributed by atoms with Crippen molar-refractivity contribution in [2.45, 2.75) is 32.9 Å². The standard InChI is InChI=1S/C14H16BrFN2O/c1-14(2,3)18-7-12-13(19-8-17-12)10-5-4-9(15)6-11(10)16/h4-6,8,18H,7H2,1-3H3. The van der Waals surface area contributed by atoms with Gasteiger partial charge in [-0.2, -0.15) is 0 Å². The second-order valence-electron chi connectivity index (χ2n) is 5.36. The number of oxazole rings is 1. The van der Waals surface area contributed by atoms with Crippen LogP contribution in [-0.4, -0.2) is 10.5 Å². The minimum absolute atomic E-state index is 0.0333. The molecule has 0 atom stereocenters. The van der Waals surface area contributed by atoms with Crippen molar-refractivity contribution in [3.8, 4) is 11.3 Å². The predicted octanol–water partition coefficient (Wildman–Crippen LogP) is 4.13. The summed E-state index contributed by atoms with van der Waals surface area (Å²) in [5, 5.41) is 3.31. The Bertz CT molecular complexity index is 575. The van der Waals surface area contributed by atoms with Gasteiger partial charge in [0.25, 0.3) is 0 Å². The third kappa shape index (κ3) is 3.64. The Balaban J connectivity index is 2.28. The molecular weight excluding hydrogens is 311 g/mol. The minimum atomic E-state index is -0.330. The Kier molecular flexibility index (Phi) is 4.06. The van der Waals surface area contributed by atoms with Gasteiger partial charge in [-0.05, 0) is 39.0 Å². The fourth-order valence-electron chi connectivity index (χ4n) is 1.64. The summed E-state index contributed by atoms with van der Waals surface area (Å²) in [6.07, 6.45) is 1.34. The van der Waals surface area contributed by atoms with Crippen molar-refractivity contribution in [3.63, 3.8) is 0 Å². The highest BCUT2D eigenvalue weighted by molar-refractivity contribution is 9.10. The van der Waals surface area contributed by atoms with Crippen LogP contribution >= 0.6 is 15.9 Å². The van der Waals surface area contributed by atoms with Gasteiger partial charge < -0.3 is 9.73 Å². The summed E-state index contributed by atoms with van der Waals surface area (Å²) < 4.78 is 20.0. The van der Waals surface area contributed by atoms with E-state index < -0.39 is 0 Å². The number of aromatic nitrogens is 1. The van der Waals surface area contributed by atoms with Crippen LogP contribution < -0.4 is 5.32 Å². The highest BCUT2D eigenvalue weighted by Gasteiger charge is 2.17. The lowest BCUT2D eigenvalue weighted by Gasteiger charge is -2.19. The number of nitrogens with one attached hydrogen (secondary N) is 1. The molecular formula is C14H16BrFN2O. The number of hydrogen-bond acceptors (Lipinski definition) is 3. The highest BCUT2D eigenvalue weighted by Crippen LogP contribution is 2.28. The first-order valence-electron chi connectivity index (χ1n) is 5.99. The zero-order chi connectivity index (χ0) is 14.0. The molecule has 0 spiro atoms. The highest BCUT2D eigenvalue weighted by atomic mass is 79.9. The Morgan fingerprint density at radius 3 is 2.74 bits per heavy atom. The zero-order valence-corrected chi connectivity index (χ0v) is 12.7. The number of rotatable bonds is 3. The minimum Gasteiger partial charge on any atom is -0.443 e. The van der Waals surface area contributed by atoms with Crippen LogP contribution in [0.15, 0.2) is 33.5 Å². The smallest absolute Gasteiger partial charge is 0.181 e. The molecule has 0 saturated carbocycles. The van der Waals surface area contributed by atoms with Crippen molar-refractivity contribution in [2.24, 2.45) is 0 Å². The predicted molar refractivity (Wildman–Crippen MR) is 76.2 cm³/mol. The van der Waals surface area contributed by atoms with Gasteiger partial charge >= 0.3 is 0 Å². The summed E-state index contributed by atoms with van der Waals surface area (Å²) in [6, 6.07) is 4.88. The van der Waals surface area contributed by atoms with Crippen LogP contribution in [0.1, 0.15) is 26.5 Å². The van der Waals surface area contributed by atoms with E-state index in [1.165, 1.54) is 12.5 Å². The molecule has 19 heavy (non-hydrogen) atoms. The number of halogens is 2. The molecule has 0 aliphatic carbocycles. The molecule has 0 unspecified atom stereocenters. The van der Waals surface area contributed by atoms with E-state index in [9.17, 15) is 4.39 Å². The van der Waals surface area contributed by atoms with E-state index >= 15 is 0 Å². The van der Waals surface area contributed by atoms with E-state index in [2.05, 4.69) is 47.0 Å². The molecule has 0 fully saturated rings. The van der Waals surface area contributed by atoms with Crippen LogP contribution in [-0.2, 0) is 6.54 Å². The third-order valence-corrected chi connectivity index (χ3v) is 3.10. The Morgan fingerprint density at radius 1 is 1.37 bits per heavy atom. The maximum absolute atomic E-state index is 13.9. The number of nitrogens with zero attached hydrogens (tertiary/aromatic N) is 1. The van der Waals surface area contributed by atoms with Crippen LogP contribution in [0.2, 0.25) is 0 Å². The Morgan fingerprint density at radius 2 is 2.11 bits per heavy atom. The lowest BCUT2D eigenvalue weighted by Crippen LogP contribution is -2.35. The summed E-state index contributed by atoms with van der Waals surface area (Å²) >= 11 is 3.24. The summed E-state index contributed by atoms with van der Waals surface area (Å²) in [6.45, 7) is 6.72. The molecule has 3 nitrogen and oxygen atoms in total. The number of hydrogen-bond donors (Lipinski definition) is 1. The molecule has 0 bridgehead atoms. The lowest BCUT2D eigenvalue weighted by molar-refractivity contribution is 0.421. The second-order valence-corrected chi connectivity index (χ2v) is 6.27. The van der Waals surface area contributed by atoms with Gasteiger partial charge in [-0.3, -0.25) is 0 Å². The molecule has 1 aromatic carbocycles. The summed E-state index contributed by atoms with van der Waals surface area (Å²) in [4.78, 5) is 4.15. The quantitative estimate of drug-likeness (QED) is 0.921. The van der Waals surface area contributed by atoms with Gasteiger partial charge in [0.15, 0.2) is 12.2 Å². The topological polar surface area (TPSA) is 38.1 Å². The van der Waals surface area contributed by atoms with Crippen LogP contribution in [0.5, 0.6) is 0 Å². The zero-order valence-electron chi connectivity index (χ0n) is 11.1.